The Bertz CT molecular complexity index is 937. The minimum Gasteiger partial charge on any atom is -0.462 e. The van der Waals surface area contributed by atoms with Gasteiger partial charge in [-0.1, -0.05) is 18.2 Å². The second-order valence-corrected chi connectivity index (χ2v) is 5.48. The van der Waals surface area contributed by atoms with E-state index in [1.54, 1.807) is 6.92 Å². The van der Waals surface area contributed by atoms with Crippen LogP contribution < -0.4 is 10.9 Å². The fraction of sp³-hybridized carbons (Fsp3) is 0.222. The summed E-state index contributed by atoms with van der Waals surface area (Å²) in [4.78, 5) is 50.7. The van der Waals surface area contributed by atoms with Crippen LogP contribution in [-0.2, 0) is 14.3 Å². The highest BCUT2D eigenvalue weighted by atomic mass is 19.1. The zero-order valence-electron chi connectivity index (χ0n) is 15.3. The van der Waals surface area contributed by atoms with E-state index in [1.165, 1.54) is 25.1 Å². The van der Waals surface area contributed by atoms with E-state index in [0.717, 1.165) is 13.2 Å². The number of carbonyl (C=O) groups excluding carboxylic acids is 4. The third-order valence-electron chi connectivity index (χ3n) is 3.71. The Balaban J connectivity index is 2.55. The first-order valence-electron chi connectivity index (χ1n) is 8.15. The summed E-state index contributed by atoms with van der Waals surface area (Å²) in [6.45, 7) is 3.14. The van der Waals surface area contributed by atoms with Crippen molar-refractivity contribution >= 4 is 23.8 Å². The fourth-order valence-electron chi connectivity index (χ4n) is 2.52. The van der Waals surface area contributed by atoms with E-state index in [9.17, 15) is 23.6 Å². The molecule has 0 fully saturated rings. The normalized spacial score (nSPS) is 10.1. The van der Waals surface area contributed by atoms with Crippen molar-refractivity contribution in [3.63, 3.8) is 0 Å². The fourth-order valence-corrected chi connectivity index (χ4v) is 2.52. The van der Waals surface area contributed by atoms with Crippen molar-refractivity contribution in [2.24, 2.45) is 0 Å². The molecule has 0 unspecified atom stereocenters. The van der Waals surface area contributed by atoms with Gasteiger partial charge in [0.15, 0.2) is 0 Å². The van der Waals surface area contributed by atoms with Gasteiger partial charge in [-0.25, -0.2) is 19.4 Å². The van der Waals surface area contributed by atoms with Crippen molar-refractivity contribution in [2.75, 3.05) is 13.7 Å². The van der Waals surface area contributed by atoms with Crippen LogP contribution in [0.25, 0.3) is 11.1 Å². The molecule has 9 nitrogen and oxygen atoms in total. The summed E-state index contributed by atoms with van der Waals surface area (Å²) >= 11 is 0. The van der Waals surface area contributed by atoms with E-state index in [4.69, 9.17) is 4.74 Å². The Morgan fingerprint density at radius 3 is 2.43 bits per heavy atom. The molecule has 28 heavy (non-hydrogen) atoms. The van der Waals surface area contributed by atoms with Gasteiger partial charge in [-0.15, -0.1) is 0 Å². The monoisotopic (exact) mass is 391 g/mol. The van der Waals surface area contributed by atoms with Crippen molar-refractivity contribution in [1.82, 2.24) is 15.8 Å². The van der Waals surface area contributed by atoms with Crippen LogP contribution in [0, 0.1) is 12.7 Å². The SMILES string of the molecule is CCOC(=O)c1c(C)[nH]c(C(=O)C(=O)NNC(=O)OC)c1-c1ccccc1F. The number of esters is 1. The number of carbonyl (C=O) groups is 4. The predicted octanol–water partition coefficient (Wildman–Crippen LogP) is 1.88. The molecule has 1 heterocycles. The summed E-state index contributed by atoms with van der Waals surface area (Å²) in [5, 5.41) is 0. The molecule has 0 saturated heterocycles. The lowest BCUT2D eigenvalue weighted by molar-refractivity contribution is -0.117. The quantitative estimate of drug-likeness (QED) is 0.309. The molecule has 0 atom stereocenters. The molecule has 2 rings (SSSR count). The van der Waals surface area contributed by atoms with Gasteiger partial charge < -0.3 is 14.5 Å². The maximum absolute atomic E-state index is 14.4. The summed E-state index contributed by atoms with van der Waals surface area (Å²) < 4.78 is 23.7. The van der Waals surface area contributed by atoms with Crippen molar-refractivity contribution in [1.29, 1.82) is 0 Å². The molecule has 0 saturated carbocycles. The molecule has 1 aromatic carbocycles. The second kappa shape index (κ2) is 8.80. The predicted molar refractivity (Wildman–Crippen MR) is 94.9 cm³/mol. The summed E-state index contributed by atoms with van der Waals surface area (Å²) in [5.74, 6) is -3.83. The Labute approximate surface area is 159 Å². The van der Waals surface area contributed by atoms with Gasteiger partial charge in [0.2, 0.25) is 0 Å². The minimum absolute atomic E-state index is 0.0625. The van der Waals surface area contributed by atoms with Crippen molar-refractivity contribution in [3.8, 4) is 11.1 Å². The standard InChI is InChI=1S/C18H18FN3O6/c1-4-28-17(25)12-9(2)20-14(13(12)10-7-5-6-8-11(10)19)15(23)16(24)21-22-18(26)27-3/h5-8,20H,4H2,1-3H3,(H,21,24)(H,22,26). The smallest absolute Gasteiger partial charge is 0.425 e. The van der Waals surface area contributed by atoms with Crippen molar-refractivity contribution in [2.45, 2.75) is 13.8 Å². The van der Waals surface area contributed by atoms with Gasteiger partial charge in [-0.2, -0.15) is 0 Å². The number of hydrogen-bond acceptors (Lipinski definition) is 6. The number of Topliss-reactive ketones (excluding diaryl/α,β-unsaturated/α-hetero) is 1. The topological polar surface area (TPSA) is 127 Å². The van der Waals surface area contributed by atoms with E-state index < -0.39 is 29.6 Å². The number of halogens is 1. The summed E-state index contributed by atoms with van der Waals surface area (Å²) in [5.41, 5.74) is 3.38. The molecule has 10 heteroatoms. The molecule has 2 amide bonds. The minimum atomic E-state index is -1.22. The highest BCUT2D eigenvalue weighted by Crippen LogP contribution is 2.33. The number of aryl methyl sites for hydroxylation is 1. The molecule has 0 aliphatic heterocycles. The van der Waals surface area contributed by atoms with Crippen LogP contribution in [0.2, 0.25) is 0 Å². The molecule has 2 aromatic rings. The first-order valence-corrected chi connectivity index (χ1v) is 8.15. The number of ketones is 1. The highest BCUT2D eigenvalue weighted by Gasteiger charge is 2.31. The Kier molecular flexibility index (Phi) is 6.48. The second-order valence-electron chi connectivity index (χ2n) is 5.48. The summed E-state index contributed by atoms with van der Waals surface area (Å²) in [6, 6.07) is 5.47. The lowest BCUT2D eigenvalue weighted by atomic mass is 9.98. The molecular formula is C18H18FN3O6. The van der Waals surface area contributed by atoms with Gasteiger partial charge in [-0.05, 0) is 19.9 Å². The van der Waals surface area contributed by atoms with E-state index >= 15 is 0 Å². The number of ether oxygens (including phenoxy) is 2. The number of nitrogens with one attached hydrogen (secondary N) is 3. The molecule has 1 aromatic heterocycles. The molecule has 0 aliphatic carbocycles. The Hall–Kier alpha value is -3.69. The number of methoxy groups -OCH3 is 1. The number of H-pyrrole nitrogens is 1. The average molecular weight is 391 g/mol. The van der Waals surface area contributed by atoms with Crippen LogP contribution in [0.15, 0.2) is 24.3 Å². The number of rotatable bonds is 5. The van der Waals surface area contributed by atoms with Gasteiger partial charge in [0, 0.05) is 16.8 Å². The first kappa shape index (κ1) is 20.6. The summed E-state index contributed by atoms with van der Waals surface area (Å²) in [6.07, 6.45) is -0.995. The highest BCUT2D eigenvalue weighted by molar-refractivity contribution is 6.43. The Morgan fingerprint density at radius 1 is 1.14 bits per heavy atom. The number of aromatic nitrogens is 1. The molecule has 148 valence electrons. The maximum atomic E-state index is 14.4. The first-order chi connectivity index (χ1) is 13.3. The summed E-state index contributed by atoms with van der Waals surface area (Å²) in [7, 11) is 1.07. The molecule has 0 bridgehead atoms. The van der Waals surface area contributed by atoms with Crippen LogP contribution in [0.4, 0.5) is 9.18 Å². The number of benzene rings is 1. The average Bonchev–Trinajstić information content (AvgIpc) is 3.02. The van der Waals surface area contributed by atoms with Gasteiger partial charge in [0.25, 0.3) is 5.78 Å². The van der Waals surface area contributed by atoms with Crippen molar-refractivity contribution in [3.05, 3.63) is 47.0 Å². The number of aromatic amines is 1. The lowest BCUT2D eigenvalue weighted by Crippen LogP contribution is -2.45. The van der Waals surface area contributed by atoms with E-state index in [1.807, 2.05) is 10.9 Å². The van der Waals surface area contributed by atoms with Crippen molar-refractivity contribution < 1.29 is 33.0 Å². The van der Waals surface area contributed by atoms with Crippen LogP contribution >= 0.6 is 0 Å². The van der Waals surface area contributed by atoms with Crippen LogP contribution in [-0.4, -0.2) is 42.5 Å². The zero-order chi connectivity index (χ0) is 20.8. The maximum Gasteiger partial charge on any atom is 0.425 e. The van der Waals surface area contributed by atoms with E-state index in [2.05, 4.69) is 9.72 Å². The Morgan fingerprint density at radius 2 is 1.82 bits per heavy atom. The van der Waals surface area contributed by atoms with Gasteiger partial charge in [0.05, 0.1) is 19.3 Å². The molecule has 3 N–H and O–H groups in total. The molecule has 0 aliphatic rings. The van der Waals surface area contributed by atoms with Gasteiger partial charge >= 0.3 is 18.0 Å². The molecule has 0 spiro atoms. The molecular weight excluding hydrogens is 373 g/mol. The third-order valence-corrected chi connectivity index (χ3v) is 3.71. The number of amides is 2. The number of hydrazine groups is 1. The largest absolute Gasteiger partial charge is 0.462 e. The zero-order valence-corrected chi connectivity index (χ0v) is 15.3. The third kappa shape index (κ3) is 4.17. The van der Waals surface area contributed by atoms with Crippen LogP contribution in [0.1, 0.15) is 33.5 Å². The van der Waals surface area contributed by atoms with Crippen LogP contribution in [0.3, 0.4) is 0 Å². The van der Waals surface area contributed by atoms with Gasteiger partial charge in [0.1, 0.15) is 11.5 Å². The van der Waals surface area contributed by atoms with Crippen LogP contribution in [0.5, 0.6) is 0 Å². The van der Waals surface area contributed by atoms with E-state index in [-0.39, 0.29) is 34.7 Å². The van der Waals surface area contributed by atoms with E-state index in [0.29, 0.717) is 0 Å². The van der Waals surface area contributed by atoms with Gasteiger partial charge in [-0.3, -0.25) is 15.0 Å². The lowest BCUT2D eigenvalue weighted by Gasteiger charge is -2.09. The number of hydrogen-bond donors (Lipinski definition) is 3. The molecule has 0 radical (unpaired) electrons.